The SMILES string of the molecule is NCCc1[nH]c(-c2c(F)cccc2F)cc1C(=O)O. The van der Waals surface area contributed by atoms with Crippen molar-refractivity contribution in [1.82, 2.24) is 4.98 Å². The van der Waals surface area contributed by atoms with Crippen molar-refractivity contribution in [3.05, 3.63) is 47.2 Å². The molecule has 0 fully saturated rings. The Bertz CT molecular complexity index is 603. The first-order valence-electron chi connectivity index (χ1n) is 5.64. The summed E-state index contributed by atoms with van der Waals surface area (Å²) >= 11 is 0. The number of nitrogens with one attached hydrogen (secondary N) is 1. The van der Waals surface area contributed by atoms with Crippen LogP contribution in [0.1, 0.15) is 16.1 Å². The highest BCUT2D eigenvalue weighted by Crippen LogP contribution is 2.27. The normalized spacial score (nSPS) is 10.7. The summed E-state index contributed by atoms with van der Waals surface area (Å²) < 4.78 is 27.3. The summed E-state index contributed by atoms with van der Waals surface area (Å²) in [6.07, 6.45) is 0.289. The quantitative estimate of drug-likeness (QED) is 0.793. The fourth-order valence-electron chi connectivity index (χ4n) is 1.92. The first-order chi connectivity index (χ1) is 9.04. The zero-order valence-electron chi connectivity index (χ0n) is 9.91. The lowest BCUT2D eigenvalue weighted by atomic mass is 10.1. The van der Waals surface area contributed by atoms with Crippen LogP contribution in [-0.4, -0.2) is 22.6 Å². The lowest BCUT2D eigenvalue weighted by Crippen LogP contribution is -2.07. The molecule has 19 heavy (non-hydrogen) atoms. The molecular weight excluding hydrogens is 254 g/mol. The molecule has 1 aromatic heterocycles. The molecule has 2 aromatic rings. The van der Waals surface area contributed by atoms with Gasteiger partial charge in [0.2, 0.25) is 0 Å². The van der Waals surface area contributed by atoms with Crippen LogP contribution in [0.25, 0.3) is 11.3 Å². The Morgan fingerprint density at radius 1 is 1.32 bits per heavy atom. The molecule has 0 aliphatic carbocycles. The molecule has 100 valence electrons. The van der Waals surface area contributed by atoms with Gasteiger partial charge >= 0.3 is 5.97 Å². The van der Waals surface area contributed by atoms with Crippen molar-refractivity contribution in [3.63, 3.8) is 0 Å². The Morgan fingerprint density at radius 3 is 2.47 bits per heavy atom. The van der Waals surface area contributed by atoms with Gasteiger partial charge in [-0.05, 0) is 24.7 Å². The average Bonchev–Trinajstić information content (AvgIpc) is 2.73. The topological polar surface area (TPSA) is 79.1 Å². The average molecular weight is 266 g/mol. The van der Waals surface area contributed by atoms with E-state index in [0.29, 0.717) is 5.69 Å². The third-order valence-electron chi connectivity index (χ3n) is 2.76. The van der Waals surface area contributed by atoms with Gasteiger partial charge in [-0.2, -0.15) is 0 Å². The van der Waals surface area contributed by atoms with Crippen molar-refractivity contribution in [2.75, 3.05) is 6.54 Å². The number of aromatic carboxylic acids is 1. The van der Waals surface area contributed by atoms with Gasteiger partial charge in [-0.3, -0.25) is 0 Å². The van der Waals surface area contributed by atoms with Gasteiger partial charge < -0.3 is 15.8 Å². The highest BCUT2D eigenvalue weighted by molar-refractivity contribution is 5.91. The lowest BCUT2D eigenvalue weighted by molar-refractivity contribution is 0.0696. The largest absolute Gasteiger partial charge is 0.478 e. The first kappa shape index (κ1) is 13.2. The van der Waals surface area contributed by atoms with E-state index in [0.717, 1.165) is 12.1 Å². The van der Waals surface area contributed by atoms with Crippen LogP contribution in [0.2, 0.25) is 0 Å². The molecule has 0 amide bonds. The number of halogens is 2. The molecule has 4 nitrogen and oxygen atoms in total. The van der Waals surface area contributed by atoms with E-state index in [1.807, 2.05) is 0 Å². The van der Waals surface area contributed by atoms with E-state index in [1.54, 1.807) is 0 Å². The summed E-state index contributed by atoms with van der Waals surface area (Å²) in [6, 6.07) is 4.69. The fourth-order valence-corrected chi connectivity index (χ4v) is 1.92. The molecule has 0 spiro atoms. The molecule has 0 saturated heterocycles. The summed E-state index contributed by atoms with van der Waals surface area (Å²) in [6.45, 7) is 0.236. The van der Waals surface area contributed by atoms with Crippen LogP contribution in [0.5, 0.6) is 0 Å². The monoisotopic (exact) mass is 266 g/mol. The molecule has 1 aromatic carbocycles. The Labute approximate surface area is 107 Å². The van der Waals surface area contributed by atoms with Gasteiger partial charge in [0, 0.05) is 12.1 Å². The van der Waals surface area contributed by atoms with Gasteiger partial charge in [-0.25, -0.2) is 13.6 Å². The molecule has 4 N–H and O–H groups in total. The van der Waals surface area contributed by atoms with E-state index in [9.17, 15) is 13.6 Å². The fraction of sp³-hybridized carbons (Fsp3) is 0.154. The molecule has 0 bridgehead atoms. The number of carboxylic acid groups (broad SMARTS) is 1. The number of rotatable bonds is 4. The summed E-state index contributed by atoms with van der Waals surface area (Å²) in [5.41, 5.74) is 5.53. The third kappa shape index (κ3) is 2.48. The van der Waals surface area contributed by atoms with E-state index >= 15 is 0 Å². The highest BCUT2D eigenvalue weighted by atomic mass is 19.1. The number of nitrogens with two attached hydrogens (primary N) is 1. The van der Waals surface area contributed by atoms with Crippen molar-refractivity contribution in [2.24, 2.45) is 5.73 Å². The number of aromatic amines is 1. The van der Waals surface area contributed by atoms with Gasteiger partial charge in [0.1, 0.15) is 11.6 Å². The van der Waals surface area contributed by atoms with Gasteiger partial charge in [0.15, 0.2) is 0 Å². The van der Waals surface area contributed by atoms with Crippen molar-refractivity contribution in [1.29, 1.82) is 0 Å². The maximum atomic E-state index is 13.6. The first-order valence-corrected chi connectivity index (χ1v) is 5.64. The predicted molar refractivity (Wildman–Crippen MR) is 65.9 cm³/mol. The molecule has 0 aliphatic heterocycles. The molecule has 0 saturated carbocycles. The minimum atomic E-state index is -1.16. The number of hydrogen-bond donors (Lipinski definition) is 3. The Kier molecular flexibility index (Phi) is 3.62. The van der Waals surface area contributed by atoms with E-state index in [1.165, 1.54) is 12.1 Å². The number of hydrogen-bond acceptors (Lipinski definition) is 2. The standard InChI is InChI=1S/C13H12F2N2O2/c14-8-2-1-3-9(15)12(8)11-6-7(13(18)19)10(17-11)4-5-16/h1-3,6,17H,4-5,16H2,(H,18,19). The van der Waals surface area contributed by atoms with Crippen molar-refractivity contribution in [2.45, 2.75) is 6.42 Å². The molecule has 1 heterocycles. The molecule has 6 heteroatoms. The maximum absolute atomic E-state index is 13.6. The number of H-pyrrole nitrogens is 1. The molecule has 0 radical (unpaired) electrons. The third-order valence-corrected chi connectivity index (χ3v) is 2.76. The summed E-state index contributed by atoms with van der Waals surface area (Å²) in [7, 11) is 0. The molecule has 0 atom stereocenters. The Hall–Kier alpha value is -2.21. The molecular formula is C13H12F2N2O2. The number of carbonyl (C=O) groups is 1. The second kappa shape index (κ2) is 5.19. The number of benzene rings is 1. The van der Waals surface area contributed by atoms with Gasteiger partial charge in [0.05, 0.1) is 16.8 Å². The predicted octanol–water partition coefficient (Wildman–Crippen LogP) is 2.16. The van der Waals surface area contributed by atoms with Crippen LogP contribution >= 0.6 is 0 Å². The van der Waals surface area contributed by atoms with E-state index in [-0.39, 0.29) is 29.8 Å². The van der Waals surface area contributed by atoms with Crippen LogP contribution in [0.15, 0.2) is 24.3 Å². The van der Waals surface area contributed by atoms with Gasteiger partial charge in [-0.15, -0.1) is 0 Å². The summed E-state index contributed by atoms with van der Waals surface area (Å²) in [4.78, 5) is 13.8. The number of carboxylic acids is 1. The summed E-state index contributed by atoms with van der Waals surface area (Å²) in [5, 5.41) is 9.04. The van der Waals surface area contributed by atoms with E-state index < -0.39 is 17.6 Å². The Balaban J connectivity index is 2.57. The maximum Gasteiger partial charge on any atom is 0.337 e. The van der Waals surface area contributed by atoms with Gasteiger partial charge in [0.25, 0.3) is 0 Å². The zero-order chi connectivity index (χ0) is 14.0. The van der Waals surface area contributed by atoms with Crippen LogP contribution in [0, 0.1) is 11.6 Å². The van der Waals surface area contributed by atoms with Crippen molar-refractivity contribution >= 4 is 5.97 Å². The smallest absolute Gasteiger partial charge is 0.337 e. The number of aromatic nitrogens is 1. The highest BCUT2D eigenvalue weighted by Gasteiger charge is 2.18. The summed E-state index contributed by atoms with van der Waals surface area (Å²) in [5.74, 6) is -2.67. The molecule has 0 aliphatic rings. The van der Waals surface area contributed by atoms with Crippen LogP contribution in [-0.2, 0) is 6.42 Å². The second-order valence-electron chi connectivity index (χ2n) is 4.02. The zero-order valence-corrected chi connectivity index (χ0v) is 9.91. The second-order valence-corrected chi connectivity index (χ2v) is 4.02. The van der Waals surface area contributed by atoms with Crippen LogP contribution in [0.3, 0.4) is 0 Å². The van der Waals surface area contributed by atoms with E-state index in [4.69, 9.17) is 10.8 Å². The Morgan fingerprint density at radius 2 is 1.95 bits per heavy atom. The van der Waals surface area contributed by atoms with Gasteiger partial charge in [-0.1, -0.05) is 6.07 Å². The van der Waals surface area contributed by atoms with Crippen molar-refractivity contribution < 1.29 is 18.7 Å². The van der Waals surface area contributed by atoms with Crippen molar-refractivity contribution in [3.8, 4) is 11.3 Å². The molecule has 2 rings (SSSR count). The van der Waals surface area contributed by atoms with Crippen LogP contribution < -0.4 is 5.73 Å². The van der Waals surface area contributed by atoms with Crippen LogP contribution in [0.4, 0.5) is 8.78 Å². The molecule has 0 unspecified atom stereocenters. The van der Waals surface area contributed by atoms with E-state index in [2.05, 4.69) is 4.98 Å². The lowest BCUT2D eigenvalue weighted by Gasteiger charge is -2.02. The minimum Gasteiger partial charge on any atom is -0.478 e. The minimum absolute atomic E-state index is 0.0249.